The van der Waals surface area contributed by atoms with E-state index in [1.807, 2.05) is 55.3 Å². The molecule has 0 bridgehead atoms. The Balaban J connectivity index is 1.71. The van der Waals surface area contributed by atoms with E-state index in [-0.39, 0.29) is 12.3 Å². The third kappa shape index (κ3) is 5.85. The van der Waals surface area contributed by atoms with Gasteiger partial charge in [0.2, 0.25) is 5.91 Å². The number of nitrogens with zero attached hydrogens (tertiary/aromatic N) is 3. The number of thioether (sulfide) groups is 1. The molecule has 9 nitrogen and oxygen atoms in total. The minimum Gasteiger partial charge on any atom is -0.493 e. The number of nitrogens with one attached hydrogen (secondary N) is 1. The summed E-state index contributed by atoms with van der Waals surface area (Å²) in [7, 11) is 3.12. The molecule has 0 aliphatic carbocycles. The van der Waals surface area contributed by atoms with Gasteiger partial charge in [-0.05, 0) is 50.8 Å². The summed E-state index contributed by atoms with van der Waals surface area (Å²) < 4.78 is 17.1. The lowest BCUT2D eigenvalue weighted by Crippen LogP contribution is -2.39. The van der Waals surface area contributed by atoms with Crippen LogP contribution < -0.4 is 14.8 Å². The summed E-state index contributed by atoms with van der Waals surface area (Å²) in [6.45, 7) is 7.63. The van der Waals surface area contributed by atoms with Gasteiger partial charge in [0.05, 0.1) is 38.0 Å². The third-order valence-electron chi connectivity index (χ3n) is 5.90. The highest BCUT2D eigenvalue weighted by Gasteiger charge is 2.43. The molecule has 0 spiro atoms. The number of aliphatic imine (C=N–C) groups is 1. The Morgan fingerprint density at radius 1 is 1.13 bits per heavy atom. The number of hydrogen-bond acceptors (Lipinski definition) is 9. The number of carbonyl (C=O) groups excluding carboxylic acids is 2. The van der Waals surface area contributed by atoms with Gasteiger partial charge in [-0.15, -0.1) is 0 Å². The first-order valence-electron chi connectivity index (χ1n) is 12.2. The minimum absolute atomic E-state index is 0.0930. The van der Waals surface area contributed by atoms with Crippen LogP contribution in [0, 0.1) is 0 Å². The highest BCUT2D eigenvalue weighted by atomic mass is 32.2. The molecule has 2 aromatic rings. The fraction of sp³-hybridized carbons (Fsp3) is 0.357. The first-order chi connectivity index (χ1) is 18.1. The molecule has 1 N–H and O–H groups in total. The average Bonchev–Trinajstić information content (AvgIpc) is 3.27. The fourth-order valence-electron chi connectivity index (χ4n) is 4.32. The van der Waals surface area contributed by atoms with Crippen LogP contribution in [0.1, 0.15) is 51.3 Å². The summed E-state index contributed by atoms with van der Waals surface area (Å²) in [6.07, 6.45) is 3.50. The molecule has 0 fully saturated rings. The van der Waals surface area contributed by atoms with E-state index < -0.39 is 17.6 Å². The average molecular weight is 537 g/mol. The van der Waals surface area contributed by atoms with Crippen LogP contribution in [-0.4, -0.2) is 46.7 Å². The fourth-order valence-corrected chi connectivity index (χ4v) is 5.28. The number of para-hydroxylation sites is 1. The molecular formula is C28H32N4O5S. The molecule has 38 heavy (non-hydrogen) atoms. The molecular weight excluding hydrogens is 504 g/mol. The van der Waals surface area contributed by atoms with Crippen molar-refractivity contribution in [2.75, 3.05) is 14.2 Å². The maximum Gasteiger partial charge on any atom is 0.338 e. The van der Waals surface area contributed by atoms with E-state index in [1.165, 1.54) is 11.8 Å². The Hall–Kier alpha value is -3.79. The number of allylic oxidation sites excluding steroid dienone is 1. The third-order valence-corrected chi connectivity index (χ3v) is 6.79. The number of carbonyl (C=O) groups is 2. The van der Waals surface area contributed by atoms with Gasteiger partial charge < -0.3 is 24.4 Å². The number of amides is 1. The SMILES string of the molecule is COc1cccc([C@H]2C(C(=O)OC(C)(C)C)=C(C)N=C3SC=C(CC(=O)NCc4cccnc4)N32)c1OC. The normalized spacial score (nSPS) is 16.9. The topological polar surface area (TPSA) is 102 Å². The zero-order valence-electron chi connectivity index (χ0n) is 22.4. The maximum absolute atomic E-state index is 13.6. The number of aromatic nitrogens is 1. The summed E-state index contributed by atoms with van der Waals surface area (Å²) in [5, 5.41) is 5.51. The molecule has 0 radical (unpaired) electrons. The molecule has 10 heteroatoms. The molecule has 2 aliphatic heterocycles. The van der Waals surface area contributed by atoms with Crippen molar-refractivity contribution >= 4 is 28.8 Å². The van der Waals surface area contributed by atoms with Crippen LogP contribution >= 0.6 is 11.8 Å². The number of fused-ring (bicyclic) bond motifs is 1. The molecule has 1 aromatic heterocycles. The van der Waals surface area contributed by atoms with Crippen molar-refractivity contribution in [1.29, 1.82) is 0 Å². The van der Waals surface area contributed by atoms with Crippen molar-refractivity contribution in [3.05, 3.63) is 76.2 Å². The van der Waals surface area contributed by atoms with E-state index in [0.717, 1.165) is 5.56 Å². The van der Waals surface area contributed by atoms with Gasteiger partial charge in [-0.3, -0.25) is 9.78 Å². The number of amidine groups is 1. The molecule has 1 atom stereocenters. The number of methoxy groups -OCH3 is 2. The molecule has 0 saturated carbocycles. The summed E-state index contributed by atoms with van der Waals surface area (Å²) in [4.78, 5) is 37.3. The highest BCUT2D eigenvalue weighted by Crippen LogP contribution is 2.48. The molecule has 0 saturated heterocycles. The molecule has 1 aromatic carbocycles. The van der Waals surface area contributed by atoms with Crippen molar-refractivity contribution < 1.29 is 23.8 Å². The quantitative estimate of drug-likeness (QED) is 0.484. The second-order valence-corrected chi connectivity index (χ2v) is 10.6. The van der Waals surface area contributed by atoms with Gasteiger partial charge in [0, 0.05) is 30.2 Å². The number of hydrogen-bond donors (Lipinski definition) is 1. The van der Waals surface area contributed by atoms with Crippen LogP contribution in [0.4, 0.5) is 0 Å². The Kier molecular flexibility index (Phi) is 8.11. The monoisotopic (exact) mass is 536 g/mol. The largest absolute Gasteiger partial charge is 0.493 e. The first kappa shape index (κ1) is 27.3. The minimum atomic E-state index is -0.706. The van der Waals surface area contributed by atoms with Gasteiger partial charge >= 0.3 is 5.97 Å². The summed E-state index contributed by atoms with van der Waals surface area (Å²) >= 11 is 1.41. The van der Waals surface area contributed by atoms with Gasteiger partial charge in [-0.1, -0.05) is 30.0 Å². The maximum atomic E-state index is 13.6. The van der Waals surface area contributed by atoms with Gasteiger partial charge in [-0.25, -0.2) is 9.79 Å². The molecule has 1 amide bonds. The number of esters is 1. The van der Waals surface area contributed by atoms with E-state index in [9.17, 15) is 9.59 Å². The second-order valence-electron chi connectivity index (χ2n) is 9.79. The Labute approximate surface area is 227 Å². The predicted molar refractivity (Wildman–Crippen MR) is 146 cm³/mol. The van der Waals surface area contributed by atoms with Crippen LogP contribution in [0.15, 0.2) is 70.1 Å². The van der Waals surface area contributed by atoms with Gasteiger partial charge in [0.25, 0.3) is 0 Å². The first-order valence-corrected chi connectivity index (χ1v) is 13.0. The van der Waals surface area contributed by atoms with E-state index in [0.29, 0.717) is 45.7 Å². The number of rotatable bonds is 8. The van der Waals surface area contributed by atoms with Crippen LogP contribution in [0.5, 0.6) is 11.5 Å². The Bertz CT molecular complexity index is 1310. The van der Waals surface area contributed by atoms with E-state index in [4.69, 9.17) is 19.2 Å². The lowest BCUT2D eigenvalue weighted by atomic mass is 9.92. The van der Waals surface area contributed by atoms with Crippen molar-refractivity contribution in [3.63, 3.8) is 0 Å². The lowest BCUT2D eigenvalue weighted by molar-refractivity contribution is -0.150. The van der Waals surface area contributed by atoms with Crippen LogP contribution in [0.3, 0.4) is 0 Å². The van der Waals surface area contributed by atoms with Crippen molar-refractivity contribution in [1.82, 2.24) is 15.2 Å². The van der Waals surface area contributed by atoms with Gasteiger partial charge in [0.15, 0.2) is 16.7 Å². The molecule has 200 valence electrons. The summed E-state index contributed by atoms with van der Waals surface area (Å²) in [6, 6.07) is 8.61. The molecule has 3 heterocycles. The second kappa shape index (κ2) is 11.3. The number of ether oxygens (including phenoxy) is 3. The smallest absolute Gasteiger partial charge is 0.338 e. The standard InChI is InChI=1S/C28H32N4O5S/c1-17-23(26(34)37-28(2,3)4)24(20-10-7-11-21(35-5)25(20)36-6)32-19(16-38-27(32)31-17)13-22(33)30-15-18-9-8-12-29-14-18/h7-12,14,16,24H,13,15H2,1-6H3,(H,30,33)/t24-/m0/s1. The highest BCUT2D eigenvalue weighted by molar-refractivity contribution is 8.16. The van der Waals surface area contributed by atoms with Crippen molar-refractivity contribution in [2.24, 2.45) is 4.99 Å². The molecule has 4 rings (SSSR count). The van der Waals surface area contributed by atoms with E-state index in [1.54, 1.807) is 39.6 Å². The van der Waals surface area contributed by atoms with Crippen LogP contribution in [-0.2, 0) is 20.9 Å². The van der Waals surface area contributed by atoms with Gasteiger partial charge in [-0.2, -0.15) is 0 Å². The lowest BCUT2D eigenvalue weighted by Gasteiger charge is -2.37. The van der Waals surface area contributed by atoms with Gasteiger partial charge in [0.1, 0.15) is 5.60 Å². The van der Waals surface area contributed by atoms with E-state index >= 15 is 0 Å². The van der Waals surface area contributed by atoms with E-state index in [2.05, 4.69) is 10.3 Å². The number of pyridine rings is 1. The molecule has 0 unspecified atom stereocenters. The Morgan fingerprint density at radius 3 is 2.58 bits per heavy atom. The zero-order chi connectivity index (χ0) is 27.4. The Morgan fingerprint density at radius 2 is 1.92 bits per heavy atom. The predicted octanol–water partition coefficient (Wildman–Crippen LogP) is 4.72. The molecule has 2 aliphatic rings. The van der Waals surface area contributed by atoms with Crippen LogP contribution in [0.25, 0.3) is 0 Å². The zero-order valence-corrected chi connectivity index (χ0v) is 23.2. The summed E-state index contributed by atoms with van der Waals surface area (Å²) in [5.41, 5.74) is 2.52. The summed E-state index contributed by atoms with van der Waals surface area (Å²) in [5.74, 6) is 0.377. The number of benzene rings is 1. The van der Waals surface area contributed by atoms with Crippen molar-refractivity contribution in [2.45, 2.75) is 52.3 Å². The van der Waals surface area contributed by atoms with Crippen molar-refractivity contribution in [3.8, 4) is 11.5 Å². The van der Waals surface area contributed by atoms with Crippen LogP contribution in [0.2, 0.25) is 0 Å².